The van der Waals surface area contributed by atoms with Crippen LogP contribution in [0.5, 0.6) is 0 Å². The van der Waals surface area contributed by atoms with E-state index in [1.165, 1.54) is 16.2 Å². The van der Waals surface area contributed by atoms with Gasteiger partial charge in [0.25, 0.3) is 5.56 Å². The van der Waals surface area contributed by atoms with Crippen molar-refractivity contribution in [1.82, 2.24) is 14.5 Å². The van der Waals surface area contributed by atoms with Gasteiger partial charge >= 0.3 is 0 Å². The van der Waals surface area contributed by atoms with E-state index >= 15 is 0 Å². The van der Waals surface area contributed by atoms with Gasteiger partial charge in [0, 0.05) is 26.3 Å². The molecule has 0 saturated heterocycles. The number of fused-ring (bicyclic) bond motifs is 1. The quantitative estimate of drug-likeness (QED) is 0.412. The first-order valence-electron chi connectivity index (χ1n) is 8.72. The van der Waals surface area contributed by atoms with Crippen LogP contribution in [-0.4, -0.2) is 14.5 Å². The van der Waals surface area contributed by atoms with Gasteiger partial charge in [0.1, 0.15) is 11.1 Å². The topological polar surface area (TPSA) is 60.9 Å². The lowest BCUT2D eigenvalue weighted by atomic mass is 10.2. The second kappa shape index (κ2) is 6.85. The molecule has 0 spiro atoms. The largest absolute Gasteiger partial charge is 0.444 e. The second-order valence-corrected chi connectivity index (χ2v) is 8.57. The molecule has 28 heavy (non-hydrogen) atoms. The molecular weight excluding hydrogens is 390 g/mol. The molecule has 5 aromatic rings. The fourth-order valence-corrected chi connectivity index (χ4v) is 4.97. The van der Waals surface area contributed by atoms with Gasteiger partial charge in [0.2, 0.25) is 5.89 Å². The predicted octanol–water partition coefficient (Wildman–Crippen LogP) is 5.20. The molecule has 0 unspecified atom stereocenters. The highest BCUT2D eigenvalue weighted by Crippen LogP contribution is 2.34. The zero-order chi connectivity index (χ0) is 19.1. The molecule has 7 heteroatoms. The Bertz CT molecular complexity index is 1330. The van der Waals surface area contributed by atoms with Crippen LogP contribution in [0.15, 0.2) is 69.6 Å². The van der Waals surface area contributed by atoms with Crippen LogP contribution < -0.4 is 5.56 Å². The number of rotatable bonds is 4. The van der Waals surface area contributed by atoms with Gasteiger partial charge < -0.3 is 4.42 Å². The minimum Gasteiger partial charge on any atom is -0.444 e. The fraction of sp³-hybridized carbons (Fsp3) is 0.0952. The minimum atomic E-state index is -0.0587. The van der Waals surface area contributed by atoms with Crippen molar-refractivity contribution >= 4 is 32.9 Å². The number of aromatic nitrogens is 3. The van der Waals surface area contributed by atoms with Crippen LogP contribution >= 0.6 is 22.7 Å². The van der Waals surface area contributed by atoms with Crippen molar-refractivity contribution in [1.29, 1.82) is 0 Å². The molecule has 0 saturated carbocycles. The summed E-state index contributed by atoms with van der Waals surface area (Å²) in [6.45, 7) is 2.38. The Labute approximate surface area is 168 Å². The Morgan fingerprint density at radius 3 is 2.79 bits per heavy atom. The molecule has 0 aliphatic rings. The molecule has 4 heterocycles. The maximum Gasteiger partial charge on any atom is 0.263 e. The van der Waals surface area contributed by atoms with E-state index < -0.39 is 0 Å². The van der Waals surface area contributed by atoms with Crippen molar-refractivity contribution in [3.63, 3.8) is 0 Å². The van der Waals surface area contributed by atoms with Crippen LogP contribution in [0.4, 0.5) is 0 Å². The first-order chi connectivity index (χ1) is 13.7. The number of oxazole rings is 1. The van der Waals surface area contributed by atoms with Gasteiger partial charge in [-0.05, 0) is 31.2 Å². The van der Waals surface area contributed by atoms with Crippen LogP contribution in [0.3, 0.4) is 0 Å². The molecular formula is C21H15N3O2S2. The third-order valence-corrected chi connectivity index (χ3v) is 6.39. The predicted molar refractivity (Wildman–Crippen MR) is 113 cm³/mol. The number of thiophene rings is 2. The normalized spacial score (nSPS) is 11.3. The lowest BCUT2D eigenvalue weighted by Crippen LogP contribution is -2.21. The Balaban J connectivity index is 1.53. The van der Waals surface area contributed by atoms with Crippen LogP contribution in [0.2, 0.25) is 0 Å². The van der Waals surface area contributed by atoms with Crippen LogP contribution in [0, 0.1) is 6.92 Å². The summed E-state index contributed by atoms with van der Waals surface area (Å²) in [6.07, 6.45) is 3.18. The highest BCUT2D eigenvalue weighted by molar-refractivity contribution is 7.19. The maximum atomic E-state index is 13.1. The summed E-state index contributed by atoms with van der Waals surface area (Å²) in [5.74, 6) is 0.544. The summed E-state index contributed by atoms with van der Waals surface area (Å²) in [5.41, 5.74) is 2.49. The van der Waals surface area contributed by atoms with Crippen LogP contribution in [0.1, 0.15) is 10.6 Å². The SMILES string of the molecule is Cc1ccc(-c2csc3ncn(Cc4coc(-c5ccccc5)n4)c(=O)c23)s1. The van der Waals surface area contributed by atoms with E-state index in [9.17, 15) is 4.79 Å². The Hall–Kier alpha value is -3.03. The molecule has 0 fully saturated rings. The van der Waals surface area contributed by atoms with E-state index in [-0.39, 0.29) is 5.56 Å². The minimum absolute atomic E-state index is 0.0587. The molecule has 0 aliphatic heterocycles. The summed E-state index contributed by atoms with van der Waals surface area (Å²) >= 11 is 3.18. The van der Waals surface area contributed by atoms with Crippen molar-refractivity contribution in [3.8, 4) is 21.9 Å². The molecule has 1 aromatic carbocycles. The highest BCUT2D eigenvalue weighted by atomic mass is 32.1. The summed E-state index contributed by atoms with van der Waals surface area (Å²) in [4.78, 5) is 25.2. The number of hydrogen-bond acceptors (Lipinski definition) is 6. The van der Waals surface area contributed by atoms with E-state index in [1.54, 1.807) is 28.5 Å². The molecule has 0 radical (unpaired) electrons. The molecule has 5 rings (SSSR count). The highest BCUT2D eigenvalue weighted by Gasteiger charge is 2.15. The van der Waals surface area contributed by atoms with E-state index in [1.807, 2.05) is 35.7 Å². The summed E-state index contributed by atoms with van der Waals surface area (Å²) in [6, 6.07) is 13.8. The fourth-order valence-electron chi connectivity index (χ4n) is 3.11. The van der Waals surface area contributed by atoms with E-state index in [0.717, 1.165) is 20.8 Å². The average Bonchev–Trinajstić information content (AvgIpc) is 3.44. The summed E-state index contributed by atoms with van der Waals surface area (Å²) < 4.78 is 7.18. The van der Waals surface area contributed by atoms with Gasteiger partial charge in [-0.2, -0.15) is 0 Å². The monoisotopic (exact) mass is 405 g/mol. The van der Waals surface area contributed by atoms with Crippen LogP contribution in [-0.2, 0) is 6.54 Å². The van der Waals surface area contributed by atoms with Crippen LogP contribution in [0.25, 0.3) is 32.1 Å². The third kappa shape index (κ3) is 2.98. The Morgan fingerprint density at radius 2 is 2.00 bits per heavy atom. The zero-order valence-electron chi connectivity index (χ0n) is 15.0. The van der Waals surface area contributed by atoms with Gasteiger partial charge in [0.15, 0.2) is 0 Å². The molecule has 0 atom stereocenters. The van der Waals surface area contributed by atoms with Crippen molar-refractivity contribution in [3.05, 3.63) is 81.4 Å². The van der Waals surface area contributed by atoms with Gasteiger partial charge in [-0.1, -0.05) is 18.2 Å². The Morgan fingerprint density at radius 1 is 1.14 bits per heavy atom. The van der Waals surface area contributed by atoms with E-state index in [2.05, 4.69) is 29.0 Å². The third-order valence-electron chi connectivity index (χ3n) is 4.47. The molecule has 0 bridgehead atoms. The lowest BCUT2D eigenvalue weighted by molar-refractivity contribution is 0.571. The molecule has 0 aliphatic carbocycles. The molecule has 5 nitrogen and oxygen atoms in total. The summed E-state index contributed by atoms with van der Waals surface area (Å²) in [7, 11) is 0. The molecule has 0 N–H and O–H groups in total. The van der Waals surface area contributed by atoms with Gasteiger partial charge in [-0.25, -0.2) is 9.97 Å². The number of benzene rings is 1. The first kappa shape index (κ1) is 17.1. The standard InChI is InChI=1S/C21H15N3O2S2/c1-13-7-8-17(28-13)16-11-27-20-18(16)21(25)24(12-22-20)9-15-10-26-19(23-15)14-5-3-2-4-6-14/h2-8,10-12H,9H2,1H3. The molecule has 4 aromatic heterocycles. The van der Waals surface area contributed by atoms with E-state index in [4.69, 9.17) is 4.42 Å². The summed E-state index contributed by atoms with van der Waals surface area (Å²) in [5, 5.41) is 2.68. The van der Waals surface area contributed by atoms with Crippen molar-refractivity contribution in [2.24, 2.45) is 0 Å². The van der Waals surface area contributed by atoms with Gasteiger partial charge in [-0.3, -0.25) is 9.36 Å². The van der Waals surface area contributed by atoms with E-state index in [0.29, 0.717) is 23.5 Å². The smallest absolute Gasteiger partial charge is 0.263 e. The lowest BCUT2D eigenvalue weighted by Gasteiger charge is -2.03. The van der Waals surface area contributed by atoms with Gasteiger partial charge in [0.05, 0.1) is 24.0 Å². The zero-order valence-corrected chi connectivity index (χ0v) is 16.6. The van der Waals surface area contributed by atoms with Crippen molar-refractivity contribution in [2.75, 3.05) is 0 Å². The number of hydrogen-bond donors (Lipinski definition) is 0. The number of aryl methyl sites for hydroxylation is 1. The maximum absolute atomic E-state index is 13.1. The molecule has 138 valence electrons. The van der Waals surface area contributed by atoms with Gasteiger partial charge in [-0.15, -0.1) is 22.7 Å². The van der Waals surface area contributed by atoms with Crippen molar-refractivity contribution in [2.45, 2.75) is 13.5 Å². The first-order valence-corrected chi connectivity index (χ1v) is 10.4. The molecule has 0 amide bonds. The second-order valence-electron chi connectivity index (χ2n) is 6.43. The van der Waals surface area contributed by atoms with Crippen molar-refractivity contribution < 1.29 is 4.42 Å². The average molecular weight is 406 g/mol. The Kier molecular flexibility index (Phi) is 4.18. The number of nitrogens with zero attached hydrogens (tertiary/aromatic N) is 3.